The number of ketones is 1. The molecular weight excluding hydrogens is 475 g/mol. The zero-order valence-electron chi connectivity index (χ0n) is 18.3. The van der Waals surface area contributed by atoms with Crippen molar-refractivity contribution in [1.82, 2.24) is 4.98 Å². The van der Waals surface area contributed by atoms with Crippen LogP contribution in [0.5, 0.6) is 11.5 Å². The number of ether oxygens (including phenoxy) is 2. The minimum Gasteiger partial charge on any atom is -0.503 e. The minimum absolute atomic E-state index is 0.00684. The number of hydrogen-bond acceptors (Lipinski definition) is 8. The summed E-state index contributed by atoms with van der Waals surface area (Å²) in [4.78, 5) is 32.5. The van der Waals surface area contributed by atoms with Crippen LogP contribution in [0.1, 0.15) is 27.9 Å². The van der Waals surface area contributed by atoms with Crippen molar-refractivity contribution in [2.24, 2.45) is 0 Å². The van der Waals surface area contributed by atoms with E-state index < -0.39 is 29.3 Å². The van der Waals surface area contributed by atoms with Crippen LogP contribution in [0, 0.1) is 12.7 Å². The number of rotatable bonds is 4. The number of aliphatic hydroxyl groups excluding tert-OH is 1. The molecule has 1 amide bonds. The predicted octanol–water partition coefficient (Wildman–Crippen LogP) is 4.89. The summed E-state index contributed by atoms with van der Waals surface area (Å²) in [5.74, 6) is -1.06. The summed E-state index contributed by atoms with van der Waals surface area (Å²) >= 11 is 1.08. The molecule has 176 valence electrons. The molecule has 2 aromatic heterocycles. The van der Waals surface area contributed by atoms with E-state index in [2.05, 4.69) is 4.98 Å². The van der Waals surface area contributed by atoms with Gasteiger partial charge in [0.1, 0.15) is 24.8 Å². The number of carbonyl (C=O) groups excluding carboxylic acids is 2. The number of Topliss-reactive ketones (excluding diaryl/α,β-unsaturated/α-hetero) is 1. The monoisotopic (exact) mass is 492 g/mol. The maximum atomic E-state index is 13.8. The molecule has 10 heteroatoms. The van der Waals surface area contributed by atoms with Gasteiger partial charge in [-0.1, -0.05) is 17.4 Å². The molecule has 0 radical (unpaired) electrons. The highest BCUT2D eigenvalue weighted by molar-refractivity contribution is 7.22. The fraction of sp³-hybridized carbons (Fsp3) is 0.160. The number of anilines is 1. The number of amides is 1. The second-order valence-corrected chi connectivity index (χ2v) is 9.10. The SMILES string of the molecule is Cc1ccc(C(=O)C2=C(O)C(=O)N(c3nc4ccc(F)cc4s3)C2c2ccc3c(c2)OCCO3)o1. The largest absolute Gasteiger partial charge is 0.503 e. The van der Waals surface area contributed by atoms with Crippen LogP contribution in [0.15, 0.2) is 64.3 Å². The molecule has 0 saturated carbocycles. The van der Waals surface area contributed by atoms with Gasteiger partial charge in [0.15, 0.2) is 28.1 Å². The van der Waals surface area contributed by atoms with Crippen molar-refractivity contribution in [3.8, 4) is 11.5 Å². The topological polar surface area (TPSA) is 102 Å². The Morgan fingerprint density at radius 1 is 1.11 bits per heavy atom. The van der Waals surface area contributed by atoms with Crippen LogP contribution < -0.4 is 14.4 Å². The van der Waals surface area contributed by atoms with E-state index in [0.717, 1.165) is 11.3 Å². The van der Waals surface area contributed by atoms with Crippen LogP contribution >= 0.6 is 11.3 Å². The summed E-state index contributed by atoms with van der Waals surface area (Å²) in [6.45, 7) is 2.45. The molecular formula is C25H17FN2O6S. The first-order valence-corrected chi connectivity index (χ1v) is 11.6. The van der Waals surface area contributed by atoms with Crippen LogP contribution in [0.3, 0.4) is 0 Å². The van der Waals surface area contributed by atoms with Crippen molar-refractivity contribution in [3.63, 3.8) is 0 Å². The molecule has 0 saturated heterocycles. The Morgan fingerprint density at radius 3 is 2.69 bits per heavy atom. The Kier molecular flexibility index (Phi) is 4.85. The van der Waals surface area contributed by atoms with Crippen LogP contribution in [-0.4, -0.2) is 35.0 Å². The summed E-state index contributed by atoms with van der Waals surface area (Å²) in [5, 5.41) is 11.1. The average molecular weight is 492 g/mol. The van der Waals surface area contributed by atoms with E-state index in [0.29, 0.717) is 46.3 Å². The van der Waals surface area contributed by atoms with Gasteiger partial charge in [0, 0.05) is 0 Å². The lowest BCUT2D eigenvalue weighted by molar-refractivity contribution is -0.117. The number of thiazole rings is 1. The third-order valence-electron chi connectivity index (χ3n) is 5.84. The Balaban J connectivity index is 1.52. The first-order chi connectivity index (χ1) is 16.9. The standard InChI is InChI=1S/C25H17FN2O6S/c1-12-2-6-17(34-12)22(29)20-21(13-3-7-16-18(10-13)33-9-8-32-16)28(24(31)23(20)30)25-27-15-5-4-14(26)11-19(15)35-25/h2-7,10-11,21,30H,8-9H2,1H3. The van der Waals surface area contributed by atoms with Gasteiger partial charge < -0.3 is 19.0 Å². The Labute approximate surface area is 201 Å². The molecule has 2 aromatic carbocycles. The van der Waals surface area contributed by atoms with E-state index in [4.69, 9.17) is 13.9 Å². The molecule has 0 fully saturated rings. The number of benzene rings is 2. The third kappa shape index (κ3) is 3.45. The van der Waals surface area contributed by atoms with E-state index in [1.165, 1.54) is 29.2 Å². The molecule has 4 aromatic rings. The lowest BCUT2D eigenvalue weighted by Crippen LogP contribution is -2.31. The van der Waals surface area contributed by atoms with Crippen molar-refractivity contribution in [3.05, 3.63) is 82.8 Å². The van der Waals surface area contributed by atoms with Gasteiger partial charge in [-0.05, 0) is 55.0 Å². The Bertz CT molecular complexity index is 1550. The molecule has 6 rings (SSSR count). The van der Waals surface area contributed by atoms with E-state index in [1.54, 1.807) is 31.2 Å². The Hall–Kier alpha value is -4.18. The van der Waals surface area contributed by atoms with Crippen molar-refractivity contribution >= 4 is 38.4 Å². The van der Waals surface area contributed by atoms with Gasteiger partial charge in [-0.3, -0.25) is 14.5 Å². The lowest BCUT2D eigenvalue weighted by Gasteiger charge is -2.26. The van der Waals surface area contributed by atoms with Crippen LogP contribution in [0.25, 0.3) is 10.2 Å². The van der Waals surface area contributed by atoms with Crippen molar-refractivity contribution in [1.29, 1.82) is 0 Å². The number of fused-ring (bicyclic) bond motifs is 2. The molecule has 0 bridgehead atoms. The molecule has 1 unspecified atom stereocenters. The minimum atomic E-state index is -1.03. The van der Waals surface area contributed by atoms with Crippen molar-refractivity contribution < 1.29 is 33.0 Å². The molecule has 4 heterocycles. The second-order valence-electron chi connectivity index (χ2n) is 8.09. The third-order valence-corrected chi connectivity index (χ3v) is 6.86. The number of hydrogen-bond donors (Lipinski definition) is 1. The molecule has 35 heavy (non-hydrogen) atoms. The first-order valence-electron chi connectivity index (χ1n) is 10.7. The Morgan fingerprint density at radius 2 is 1.91 bits per heavy atom. The number of nitrogens with zero attached hydrogens (tertiary/aromatic N) is 2. The molecule has 0 spiro atoms. The lowest BCUT2D eigenvalue weighted by atomic mass is 9.95. The zero-order chi connectivity index (χ0) is 24.3. The van der Waals surface area contributed by atoms with Gasteiger partial charge in [0.2, 0.25) is 5.78 Å². The maximum absolute atomic E-state index is 13.8. The number of aryl methyl sites for hydroxylation is 1. The zero-order valence-corrected chi connectivity index (χ0v) is 19.1. The fourth-order valence-electron chi connectivity index (χ4n) is 4.26. The van der Waals surface area contributed by atoms with E-state index in [1.807, 2.05) is 0 Å². The maximum Gasteiger partial charge on any atom is 0.296 e. The van der Waals surface area contributed by atoms with Gasteiger partial charge in [0.05, 0.1) is 21.8 Å². The van der Waals surface area contributed by atoms with Crippen molar-refractivity contribution in [2.75, 3.05) is 18.1 Å². The van der Waals surface area contributed by atoms with Gasteiger partial charge in [-0.15, -0.1) is 0 Å². The molecule has 2 aliphatic heterocycles. The van der Waals surface area contributed by atoms with Crippen LogP contribution in [0.4, 0.5) is 9.52 Å². The number of aromatic nitrogens is 1. The highest BCUT2D eigenvalue weighted by Gasteiger charge is 2.46. The fourth-order valence-corrected chi connectivity index (χ4v) is 5.28. The molecule has 1 N–H and O–H groups in total. The van der Waals surface area contributed by atoms with Gasteiger partial charge in [-0.2, -0.15) is 0 Å². The highest BCUT2D eigenvalue weighted by atomic mass is 32.1. The molecule has 8 nitrogen and oxygen atoms in total. The van der Waals surface area contributed by atoms with Gasteiger partial charge in [0.25, 0.3) is 5.91 Å². The number of halogens is 1. The summed E-state index contributed by atoms with van der Waals surface area (Å²) in [6, 6.07) is 11.3. The normalized spacial score (nSPS) is 17.5. The summed E-state index contributed by atoms with van der Waals surface area (Å²) < 4.78 is 31.1. The smallest absolute Gasteiger partial charge is 0.296 e. The summed E-state index contributed by atoms with van der Waals surface area (Å²) in [7, 11) is 0. The number of aliphatic hydroxyl groups is 1. The molecule has 2 aliphatic rings. The average Bonchev–Trinajstić information content (AvgIpc) is 3.54. The van der Waals surface area contributed by atoms with E-state index >= 15 is 0 Å². The quantitative estimate of drug-likeness (QED) is 0.405. The van der Waals surface area contributed by atoms with Crippen molar-refractivity contribution in [2.45, 2.75) is 13.0 Å². The molecule has 1 atom stereocenters. The predicted molar refractivity (Wildman–Crippen MR) is 125 cm³/mol. The van der Waals surface area contributed by atoms with Crippen LogP contribution in [-0.2, 0) is 4.79 Å². The number of furan rings is 1. The number of carbonyl (C=O) groups is 2. The van der Waals surface area contributed by atoms with Gasteiger partial charge >= 0.3 is 0 Å². The van der Waals surface area contributed by atoms with E-state index in [9.17, 15) is 19.1 Å². The highest BCUT2D eigenvalue weighted by Crippen LogP contribution is 2.46. The summed E-state index contributed by atoms with van der Waals surface area (Å²) in [5.41, 5.74) is 0.844. The summed E-state index contributed by atoms with van der Waals surface area (Å²) in [6.07, 6.45) is 0. The molecule has 0 aliphatic carbocycles. The first kappa shape index (κ1) is 21.4. The second kappa shape index (κ2) is 7.95. The van der Waals surface area contributed by atoms with Crippen LogP contribution in [0.2, 0.25) is 0 Å². The van der Waals surface area contributed by atoms with E-state index in [-0.39, 0.29) is 16.5 Å². The van der Waals surface area contributed by atoms with Gasteiger partial charge in [-0.25, -0.2) is 9.37 Å².